The third-order valence-corrected chi connectivity index (χ3v) is 9.95. The predicted octanol–water partition coefficient (Wildman–Crippen LogP) is 5.94. The van der Waals surface area contributed by atoms with Gasteiger partial charge in [-0.25, -0.2) is 8.42 Å². The number of aryl methyl sites for hydroxylation is 1. The summed E-state index contributed by atoms with van der Waals surface area (Å²) in [5.74, 6) is 3.03. The number of likely N-dealkylation sites (tertiary alicyclic amines) is 1. The zero-order chi connectivity index (χ0) is 30.7. The fourth-order valence-corrected chi connectivity index (χ4v) is 7.63. The molecule has 3 aromatic heterocycles. The van der Waals surface area contributed by atoms with Crippen LogP contribution in [0.2, 0.25) is 0 Å². The van der Waals surface area contributed by atoms with E-state index in [4.69, 9.17) is 0 Å². The lowest BCUT2D eigenvalue weighted by Gasteiger charge is -2.31. The Morgan fingerprint density at radius 1 is 1.00 bits per heavy atom. The molecule has 4 heterocycles. The molecule has 2 aliphatic carbocycles. The number of fused-ring (bicyclic) bond motifs is 1. The molecule has 1 aliphatic heterocycles. The van der Waals surface area contributed by atoms with Gasteiger partial charge in [-0.1, -0.05) is 45.4 Å². The van der Waals surface area contributed by atoms with Crippen LogP contribution in [-0.2, 0) is 23.4 Å². The number of pyridine rings is 1. The van der Waals surface area contributed by atoms with Crippen molar-refractivity contribution < 1.29 is 8.42 Å². The molecule has 1 aromatic carbocycles. The van der Waals surface area contributed by atoms with E-state index < -0.39 is 9.84 Å². The number of para-hydroxylation sites is 1. The molecule has 9 nitrogen and oxygen atoms in total. The topological polar surface area (TPSA) is 106 Å². The molecular weight excluding hydrogens is 560 g/mol. The minimum atomic E-state index is -3.50. The van der Waals surface area contributed by atoms with E-state index in [0.29, 0.717) is 39.9 Å². The Labute approximate surface area is 255 Å². The summed E-state index contributed by atoms with van der Waals surface area (Å²) in [7, 11) is -1.48. The normalized spacial score (nSPS) is 20.5. The highest BCUT2D eigenvalue weighted by Gasteiger charge is 2.33. The molecule has 0 unspecified atom stereocenters. The highest BCUT2D eigenvalue weighted by atomic mass is 32.2. The van der Waals surface area contributed by atoms with E-state index in [1.54, 1.807) is 10.9 Å². The summed E-state index contributed by atoms with van der Waals surface area (Å²) in [5, 5.41) is 8.56. The first kappa shape index (κ1) is 31.2. The standard InChI is InChI=1S/C23H27N3O3S.C8H13N3.C2H6/c1-30(28,29)22-19(15-25-12-6-3-7-13-25)24-21-20(22)18(16-10-11-16)14-26(23(21)27)17-8-4-2-5-9-17;1-6-3-7(4-6)8-10-9-5-11(8)2;1-2/h2,4-5,8-9,14,16,24H,3,6-7,10-13,15H2,1H3;5-7H,3-4H2,1-2H3;1-2H3. The Kier molecular flexibility index (Phi) is 9.56. The van der Waals surface area contributed by atoms with Crippen LogP contribution >= 0.6 is 0 Å². The third-order valence-electron chi connectivity index (χ3n) is 8.75. The summed E-state index contributed by atoms with van der Waals surface area (Å²) in [5.41, 5.74) is 2.62. The zero-order valence-corrected chi connectivity index (χ0v) is 27.0. The average Bonchev–Trinajstić information content (AvgIpc) is 3.63. The first-order valence-corrected chi connectivity index (χ1v) is 17.7. The summed E-state index contributed by atoms with van der Waals surface area (Å²) in [4.78, 5) is 19.3. The Morgan fingerprint density at radius 3 is 2.23 bits per heavy atom. The molecule has 0 bridgehead atoms. The van der Waals surface area contributed by atoms with Crippen molar-refractivity contribution in [3.8, 4) is 5.69 Å². The molecular formula is C33H46N6O3S. The van der Waals surface area contributed by atoms with Crippen molar-refractivity contribution in [2.75, 3.05) is 19.3 Å². The van der Waals surface area contributed by atoms with Gasteiger partial charge in [0, 0.05) is 48.7 Å². The lowest BCUT2D eigenvalue weighted by molar-refractivity contribution is 0.217. The van der Waals surface area contributed by atoms with Crippen molar-refractivity contribution in [2.45, 2.75) is 89.0 Å². The summed E-state index contributed by atoms with van der Waals surface area (Å²) >= 11 is 0. The molecule has 1 saturated heterocycles. The third kappa shape index (κ3) is 6.80. The van der Waals surface area contributed by atoms with Crippen molar-refractivity contribution in [3.05, 3.63) is 70.3 Å². The van der Waals surface area contributed by atoms with Gasteiger partial charge in [0.2, 0.25) is 0 Å². The van der Waals surface area contributed by atoms with Crippen LogP contribution in [0, 0.1) is 5.92 Å². The molecule has 10 heteroatoms. The molecule has 43 heavy (non-hydrogen) atoms. The number of hydrogen-bond acceptors (Lipinski definition) is 6. The first-order chi connectivity index (χ1) is 20.7. The van der Waals surface area contributed by atoms with E-state index >= 15 is 0 Å². The SMILES string of the molecule is CC.CC1CC(c2nncn2C)C1.CS(=O)(=O)c1c(CN2CCCCC2)[nH]c2c(=O)n(-c3ccccc3)cc(C3CC3)c12. The monoisotopic (exact) mass is 606 g/mol. The molecule has 232 valence electrons. The number of nitrogens with zero attached hydrogens (tertiary/aromatic N) is 5. The number of aromatic nitrogens is 5. The van der Waals surface area contributed by atoms with Crippen LogP contribution in [0.4, 0.5) is 0 Å². The smallest absolute Gasteiger partial charge is 0.279 e. The van der Waals surface area contributed by atoms with Gasteiger partial charge < -0.3 is 9.55 Å². The van der Waals surface area contributed by atoms with E-state index in [9.17, 15) is 13.2 Å². The second-order valence-electron chi connectivity index (χ2n) is 12.2. The van der Waals surface area contributed by atoms with Gasteiger partial charge in [-0.2, -0.15) is 0 Å². The van der Waals surface area contributed by atoms with Crippen molar-refractivity contribution in [3.63, 3.8) is 0 Å². The van der Waals surface area contributed by atoms with Crippen LogP contribution < -0.4 is 5.56 Å². The molecule has 4 aromatic rings. The maximum atomic E-state index is 13.4. The van der Waals surface area contributed by atoms with Gasteiger partial charge in [-0.15, -0.1) is 10.2 Å². The number of rotatable bonds is 6. The van der Waals surface area contributed by atoms with Crippen LogP contribution in [0.15, 0.2) is 52.5 Å². The van der Waals surface area contributed by atoms with E-state index in [1.165, 1.54) is 25.5 Å². The quantitative estimate of drug-likeness (QED) is 0.291. The number of hydrogen-bond donors (Lipinski definition) is 1. The second kappa shape index (κ2) is 13.2. The molecule has 3 aliphatic rings. The maximum absolute atomic E-state index is 13.4. The Balaban J connectivity index is 0.000000236. The molecule has 0 atom stereocenters. The van der Waals surface area contributed by atoms with Gasteiger partial charge in [0.1, 0.15) is 17.7 Å². The van der Waals surface area contributed by atoms with Crippen LogP contribution in [0.1, 0.15) is 94.6 Å². The summed E-state index contributed by atoms with van der Waals surface area (Å²) in [6.45, 7) is 8.74. The highest BCUT2D eigenvalue weighted by Crippen LogP contribution is 2.45. The van der Waals surface area contributed by atoms with Crippen molar-refractivity contribution >= 4 is 20.7 Å². The lowest BCUT2D eigenvalue weighted by Crippen LogP contribution is -2.29. The van der Waals surface area contributed by atoms with Crippen molar-refractivity contribution in [2.24, 2.45) is 13.0 Å². The van der Waals surface area contributed by atoms with E-state index in [0.717, 1.165) is 61.8 Å². The number of piperidine rings is 1. The van der Waals surface area contributed by atoms with Gasteiger partial charge in [-0.05, 0) is 81.1 Å². The van der Waals surface area contributed by atoms with E-state index in [1.807, 2.05) is 62.0 Å². The number of H-pyrrole nitrogens is 1. The largest absolute Gasteiger partial charge is 0.352 e. The fourth-order valence-electron chi connectivity index (χ4n) is 6.47. The molecule has 0 spiro atoms. The van der Waals surface area contributed by atoms with Crippen molar-refractivity contribution in [1.29, 1.82) is 0 Å². The summed E-state index contributed by atoms with van der Waals surface area (Å²) in [6, 6.07) is 9.53. The molecule has 1 N–H and O–H groups in total. The Bertz CT molecular complexity index is 1690. The predicted molar refractivity (Wildman–Crippen MR) is 172 cm³/mol. The fraction of sp³-hybridized carbons (Fsp3) is 0.545. The zero-order valence-electron chi connectivity index (χ0n) is 26.2. The van der Waals surface area contributed by atoms with Gasteiger partial charge >= 0.3 is 0 Å². The lowest BCUT2D eigenvalue weighted by atomic mass is 9.76. The van der Waals surface area contributed by atoms with Gasteiger partial charge in [-0.3, -0.25) is 14.3 Å². The average molecular weight is 607 g/mol. The van der Waals surface area contributed by atoms with Crippen LogP contribution in [0.3, 0.4) is 0 Å². The minimum absolute atomic E-state index is 0.199. The molecule has 7 rings (SSSR count). The van der Waals surface area contributed by atoms with Crippen LogP contribution in [0.5, 0.6) is 0 Å². The van der Waals surface area contributed by atoms with Crippen LogP contribution in [0.25, 0.3) is 16.6 Å². The number of benzene rings is 1. The number of nitrogens with one attached hydrogen (secondary N) is 1. The highest BCUT2D eigenvalue weighted by molar-refractivity contribution is 7.91. The molecule has 3 fully saturated rings. The number of aromatic amines is 1. The molecule has 2 saturated carbocycles. The van der Waals surface area contributed by atoms with E-state index in [-0.39, 0.29) is 5.56 Å². The van der Waals surface area contributed by atoms with E-state index in [2.05, 4.69) is 27.0 Å². The summed E-state index contributed by atoms with van der Waals surface area (Å²) < 4.78 is 29.4. The molecule has 0 radical (unpaired) electrons. The Hall–Kier alpha value is -3.24. The molecule has 0 amide bonds. The van der Waals surface area contributed by atoms with Crippen LogP contribution in [-0.4, -0.2) is 57.0 Å². The first-order valence-electron chi connectivity index (χ1n) is 15.8. The van der Waals surface area contributed by atoms with Gasteiger partial charge in [0.25, 0.3) is 5.56 Å². The number of sulfone groups is 1. The summed E-state index contributed by atoms with van der Waals surface area (Å²) in [6.07, 6.45) is 13.0. The second-order valence-corrected chi connectivity index (χ2v) is 14.2. The minimum Gasteiger partial charge on any atom is -0.352 e. The van der Waals surface area contributed by atoms with Crippen molar-refractivity contribution in [1.82, 2.24) is 29.2 Å². The van der Waals surface area contributed by atoms with Gasteiger partial charge in [0.05, 0.1) is 4.90 Å². The Morgan fingerprint density at radius 2 is 1.67 bits per heavy atom. The maximum Gasteiger partial charge on any atom is 0.279 e. The van der Waals surface area contributed by atoms with Gasteiger partial charge in [0.15, 0.2) is 9.84 Å².